The molecular weight excluding hydrogens is 725 g/mol. The third-order valence-corrected chi connectivity index (χ3v) is 10.6. The van der Waals surface area contributed by atoms with Gasteiger partial charge in [0, 0.05) is 12.8 Å². The summed E-state index contributed by atoms with van der Waals surface area (Å²) in [5.41, 5.74) is 0. The van der Waals surface area contributed by atoms with Gasteiger partial charge in [-0.05, 0) is 51.4 Å². The molecule has 0 spiro atoms. The summed E-state index contributed by atoms with van der Waals surface area (Å²) in [5, 5.41) is 0. The van der Waals surface area contributed by atoms with E-state index in [1.165, 1.54) is 122 Å². The number of hydrogen-bond acceptors (Lipinski definition) is 8. The molecule has 0 amide bonds. The minimum Gasteiger partial charge on any atom is -0.756 e. The monoisotopic (exact) mass is 812 g/mol. The van der Waals surface area contributed by atoms with Crippen molar-refractivity contribution in [2.75, 3.05) is 47.5 Å². The molecule has 0 saturated carbocycles. The van der Waals surface area contributed by atoms with E-state index in [1.54, 1.807) is 0 Å². The van der Waals surface area contributed by atoms with Crippen LogP contribution in [0.2, 0.25) is 0 Å². The first-order chi connectivity index (χ1) is 27.0. The lowest BCUT2D eigenvalue weighted by atomic mass is 10.1. The smallest absolute Gasteiger partial charge is 0.306 e. The number of likely N-dealkylation sites (N-methyl/N-ethyl adjacent to an activating group) is 1. The Hall–Kier alpha value is -1.77. The number of ether oxygens (including phenoxy) is 2. The van der Waals surface area contributed by atoms with Crippen LogP contribution in [0.25, 0.3) is 0 Å². The van der Waals surface area contributed by atoms with Crippen molar-refractivity contribution in [3.05, 3.63) is 36.5 Å². The molecule has 0 heterocycles. The van der Waals surface area contributed by atoms with Gasteiger partial charge in [-0.25, -0.2) is 0 Å². The van der Waals surface area contributed by atoms with E-state index in [1.807, 2.05) is 27.2 Å². The third kappa shape index (κ3) is 41.9. The third-order valence-electron chi connectivity index (χ3n) is 9.65. The van der Waals surface area contributed by atoms with E-state index in [0.29, 0.717) is 23.9 Å². The van der Waals surface area contributed by atoms with Gasteiger partial charge >= 0.3 is 11.9 Å². The van der Waals surface area contributed by atoms with Gasteiger partial charge in [0.25, 0.3) is 7.82 Å². The van der Waals surface area contributed by atoms with Crippen LogP contribution in [0.5, 0.6) is 0 Å². The fraction of sp³-hybridized carbons (Fsp3) is 0.826. The number of hydrogen-bond donors (Lipinski definition) is 0. The molecular formula is C46H86NO8P. The number of esters is 2. The second-order valence-corrected chi connectivity index (χ2v) is 17.8. The van der Waals surface area contributed by atoms with E-state index in [9.17, 15) is 19.0 Å². The minimum atomic E-state index is -4.64. The Morgan fingerprint density at radius 1 is 0.554 bits per heavy atom. The maximum absolute atomic E-state index is 12.6. The molecule has 56 heavy (non-hydrogen) atoms. The molecule has 9 nitrogen and oxygen atoms in total. The van der Waals surface area contributed by atoms with Gasteiger partial charge in [-0.2, -0.15) is 0 Å². The van der Waals surface area contributed by atoms with Crippen LogP contribution in [0.4, 0.5) is 0 Å². The molecule has 0 aromatic rings. The molecule has 10 heteroatoms. The Morgan fingerprint density at radius 2 is 1.00 bits per heavy atom. The number of allylic oxidation sites excluding steroid dienone is 6. The zero-order valence-corrected chi connectivity index (χ0v) is 37.7. The number of phosphoric acid groups is 1. The fourth-order valence-corrected chi connectivity index (χ4v) is 6.79. The van der Waals surface area contributed by atoms with Gasteiger partial charge in [0.1, 0.15) is 19.8 Å². The van der Waals surface area contributed by atoms with Gasteiger partial charge in [-0.1, -0.05) is 166 Å². The van der Waals surface area contributed by atoms with Crippen LogP contribution in [0, 0.1) is 0 Å². The van der Waals surface area contributed by atoms with Crippen LogP contribution in [0.1, 0.15) is 194 Å². The normalized spacial score (nSPS) is 13.9. The highest BCUT2D eigenvalue weighted by atomic mass is 31.2. The highest BCUT2D eigenvalue weighted by molar-refractivity contribution is 7.45. The fourth-order valence-electron chi connectivity index (χ4n) is 6.06. The van der Waals surface area contributed by atoms with Gasteiger partial charge in [-0.3, -0.25) is 14.2 Å². The lowest BCUT2D eigenvalue weighted by molar-refractivity contribution is -0.870. The van der Waals surface area contributed by atoms with Crippen LogP contribution in [0.3, 0.4) is 0 Å². The van der Waals surface area contributed by atoms with Crippen LogP contribution < -0.4 is 4.89 Å². The average Bonchev–Trinajstić information content (AvgIpc) is 3.15. The molecule has 0 aromatic heterocycles. The van der Waals surface area contributed by atoms with E-state index >= 15 is 0 Å². The van der Waals surface area contributed by atoms with E-state index in [2.05, 4.69) is 44.2 Å². The first kappa shape index (κ1) is 54.2. The average molecular weight is 812 g/mol. The molecule has 0 aliphatic heterocycles. The summed E-state index contributed by atoms with van der Waals surface area (Å²) < 4.78 is 33.8. The Kier molecular flexibility index (Phi) is 37.5. The largest absolute Gasteiger partial charge is 0.756 e. The summed E-state index contributed by atoms with van der Waals surface area (Å²) in [6.45, 7) is 4.14. The van der Waals surface area contributed by atoms with Crippen molar-refractivity contribution in [3.8, 4) is 0 Å². The lowest BCUT2D eigenvalue weighted by Crippen LogP contribution is -2.37. The zero-order valence-electron chi connectivity index (χ0n) is 36.8. The number of unbranched alkanes of at least 4 members (excludes halogenated alkanes) is 21. The summed E-state index contributed by atoms with van der Waals surface area (Å²) in [5.74, 6) is -0.942. The van der Waals surface area contributed by atoms with Crippen LogP contribution in [-0.2, 0) is 32.7 Å². The number of quaternary nitrogens is 1. The predicted molar refractivity (Wildman–Crippen MR) is 231 cm³/mol. The standard InChI is InChI=1S/C46H86NO8P/c1-6-8-10-12-14-16-18-20-22-23-25-26-28-30-32-34-36-38-45(48)52-42-44(43-54-56(50,51)53-41-40-47(3,4)5)55-46(49)39-37-35-33-31-29-27-24-21-19-17-15-13-11-9-7-2/h25-26,30,32-33,35,44H,6-24,27-29,31,34,36-43H2,1-5H3/b26-25+,32-30+,35-33+/t44-/m1/s1. The topological polar surface area (TPSA) is 111 Å². The molecule has 328 valence electrons. The highest BCUT2D eigenvalue weighted by Crippen LogP contribution is 2.38. The van der Waals surface area contributed by atoms with E-state index in [4.69, 9.17) is 18.5 Å². The van der Waals surface area contributed by atoms with Crippen molar-refractivity contribution in [1.82, 2.24) is 0 Å². The second-order valence-electron chi connectivity index (χ2n) is 16.4. The zero-order chi connectivity index (χ0) is 41.4. The molecule has 0 N–H and O–H groups in total. The Bertz CT molecular complexity index is 1050. The van der Waals surface area contributed by atoms with E-state index in [-0.39, 0.29) is 26.1 Å². The molecule has 0 rings (SSSR count). The van der Waals surface area contributed by atoms with Crippen LogP contribution in [-0.4, -0.2) is 70.0 Å². The molecule has 0 aromatic carbocycles. The molecule has 0 aliphatic carbocycles. The highest BCUT2D eigenvalue weighted by Gasteiger charge is 2.21. The van der Waals surface area contributed by atoms with Crippen molar-refractivity contribution in [2.24, 2.45) is 0 Å². The summed E-state index contributed by atoms with van der Waals surface area (Å²) >= 11 is 0. The number of nitrogens with zero attached hydrogens (tertiary/aromatic N) is 1. The second kappa shape index (κ2) is 38.7. The number of carbonyl (C=O) groups excluding carboxylic acids is 2. The number of phosphoric ester groups is 1. The summed E-state index contributed by atoms with van der Waals surface area (Å²) in [7, 11) is 1.13. The van der Waals surface area contributed by atoms with Gasteiger partial charge < -0.3 is 27.9 Å². The molecule has 1 unspecified atom stereocenters. The van der Waals surface area contributed by atoms with E-state index in [0.717, 1.165) is 32.1 Å². The first-order valence-electron chi connectivity index (χ1n) is 22.7. The molecule has 0 aliphatic rings. The number of carbonyl (C=O) groups is 2. The number of rotatable bonds is 41. The van der Waals surface area contributed by atoms with Gasteiger partial charge in [0.2, 0.25) is 0 Å². The van der Waals surface area contributed by atoms with Crippen molar-refractivity contribution in [2.45, 2.75) is 200 Å². The summed E-state index contributed by atoms with van der Waals surface area (Å²) in [6, 6.07) is 0. The maximum Gasteiger partial charge on any atom is 0.306 e. The Balaban J connectivity index is 4.43. The van der Waals surface area contributed by atoms with Crippen molar-refractivity contribution >= 4 is 19.8 Å². The van der Waals surface area contributed by atoms with Crippen molar-refractivity contribution in [1.29, 1.82) is 0 Å². The minimum absolute atomic E-state index is 0.0423. The van der Waals surface area contributed by atoms with Crippen LogP contribution in [0.15, 0.2) is 36.5 Å². The van der Waals surface area contributed by atoms with Crippen molar-refractivity contribution < 1.29 is 42.1 Å². The lowest BCUT2D eigenvalue weighted by Gasteiger charge is -2.28. The SMILES string of the molecule is CCCCCCCCCCC/C=C/C/C=C/CCCC(=O)OC[C@H](COP(=O)([O-])OCC[N+](C)(C)C)OC(=O)CC/C=C/CCCCCCCCCCCCC. The Morgan fingerprint density at radius 3 is 1.50 bits per heavy atom. The summed E-state index contributed by atoms with van der Waals surface area (Å²) in [6.07, 6.45) is 43.4. The van der Waals surface area contributed by atoms with Gasteiger partial charge in [0.15, 0.2) is 6.10 Å². The predicted octanol–water partition coefficient (Wildman–Crippen LogP) is 12.3. The molecule has 0 fully saturated rings. The molecule has 0 radical (unpaired) electrons. The maximum atomic E-state index is 12.6. The molecule has 0 bridgehead atoms. The molecule has 2 atom stereocenters. The quantitative estimate of drug-likeness (QED) is 0.0197. The van der Waals surface area contributed by atoms with E-state index < -0.39 is 32.5 Å². The Labute approximate surface area is 344 Å². The van der Waals surface area contributed by atoms with Gasteiger partial charge in [-0.15, -0.1) is 0 Å². The molecule has 0 saturated heterocycles. The summed E-state index contributed by atoms with van der Waals surface area (Å²) in [4.78, 5) is 37.5. The van der Waals surface area contributed by atoms with Crippen molar-refractivity contribution in [3.63, 3.8) is 0 Å². The van der Waals surface area contributed by atoms with Gasteiger partial charge in [0.05, 0.1) is 27.7 Å². The van der Waals surface area contributed by atoms with Crippen LogP contribution >= 0.6 is 7.82 Å². The first-order valence-corrected chi connectivity index (χ1v) is 24.2.